The first-order chi connectivity index (χ1) is 11.5. The molecule has 1 aromatic carbocycles. The molecular weight excluding hydrogens is 324 g/mol. The molecule has 0 N–H and O–H groups in total. The van der Waals surface area contributed by atoms with Crippen molar-refractivity contribution in [3.05, 3.63) is 53.2 Å². The fraction of sp³-hybridized carbons (Fsp3) is 0.368. The molecule has 24 heavy (non-hydrogen) atoms. The molecule has 4 nitrogen and oxygen atoms in total. The molecule has 0 aliphatic carbocycles. The van der Waals surface area contributed by atoms with Crippen LogP contribution < -0.4 is 9.64 Å². The van der Waals surface area contributed by atoms with E-state index in [4.69, 9.17) is 16.3 Å². The highest BCUT2D eigenvalue weighted by molar-refractivity contribution is 6.30. The van der Waals surface area contributed by atoms with Gasteiger partial charge in [0, 0.05) is 12.6 Å². The summed E-state index contributed by atoms with van der Waals surface area (Å²) in [5.74, 6) is 2.25. The number of carbonyl (C=O) groups is 1. The normalized spacial score (nSPS) is 15.7. The van der Waals surface area contributed by atoms with Crippen LogP contribution >= 0.6 is 11.6 Å². The smallest absolute Gasteiger partial charge is 0.134 e. The Morgan fingerprint density at radius 2 is 2.00 bits per heavy atom. The van der Waals surface area contributed by atoms with Crippen molar-refractivity contribution in [2.75, 3.05) is 18.0 Å². The fourth-order valence-electron chi connectivity index (χ4n) is 2.87. The first kappa shape index (κ1) is 16.8. The lowest BCUT2D eigenvalue weighted by molar-refractivity contribution is -0.117. The third-order valence-corrected chi connectivity index (χ3v) is 4.45. The maximum atomic E-state index is 11.2. The van der Waals surface area contributed by atoms with E-state index < -0.39 is 0 Å². The van der Waals surface area contributed by atoms with Crippen molar-refractivity contribution in [2.24, 2.45) is 0 Å². The minimum Gasteiger partial charge on any atom is -0.487 e. The van der Waals surface area contributed by atoms with Crippen LogP contribution in [0.15, 0.2) is 42.6 Å². The number of nitrogens with zero attached hydrogens (tertiary/aromatic N) is 2. The molecule has 2 heterocycles. The van der Waals surface area contributed by atoms with Gasteiger partial charge in [0.1, 0.15) is 23.5 Å². The average Bonchev–Trinajstić information content (AvgIpc) is 2.51. The Morgan fingerprint density at radius 1 is 1.29 bits per heavy atom. The summed E-state index contributed by atoms with van der Waals surface area (Å²) in [4.78, 5) is 17.7. The quantitative estimate of drug-likeness (QED) is 0.791. The van der Waals surface area contributed by atoms with Gasteiger partial charge in [-0.05, 0) is 42.7 Å². The van der Waals surface area contributed by atoms with Gasteiger partial charge in [-0.15, -0.1) is 0 Å². The Hall–Kier alpha value is -2.07. The molecule has 0 radical (unpaired) electrons. The van der Waals surface area contributed by atoms with Crippen molar-refractivity contribution in [1.82, 2.24) is 4.98 Å². The lowest BCUT2D eigenvalue weighted by Gasteiger charge is -2.39. The van der Waals surface area contributed by atoms with Crippen molar-refractivity contribution in [3.8, 4) is 5.75 Å². The van der Waals surface area contributed by atoms with Gasteiger partial charge in [-0.1, -0.05) is 30.7 Å². The van der Waals surface area contributed by atoms with Gasteiger partial charge < -0.3 is 14.4 Å². The van der Waals surface area contributed by atoms with E-state index in [2.05, 4.69) is 16.8 Å². The zero-order chi connectivity index (χ0) is 17.1. The van der Waals surface area contributed by atoms with Gasteiger partial charge in [0.15, 0.2) is 0 Å². The van der Waals surface area contributed by atoms with Crippen LogP contribution in [0, 0.1) is 0 Å². The summed E-state index contributed by atoms with van der Waals surface area (Å²) in [6, 6.07) is 11.8. The monoisotopic (exact) mass is 344 g/mol. The lowest BCUT2D eigenvalue weighted by atomic mass is 9.96. The van der Waals surface area contributed by atoms with Crippen molar-refractivity contribution in [1.29, 1.82) is 0 Å². The molecule has 3 rings (SSSR count). The molecule has 0 unspecified atom stereocenters. The molecule has 1 fully saturated rings. The van der Waals surface area contributed by atoms with Crippen molar-refractivity contribution < 1.29 is 9.53 Å². The lowest BCUT2D eigenvalue weighted by Crippen LogP contribution is -2.54. The summed E-state index contributed by atoms with van der Waals surface area (Å²) in [5.41, 5.74) is 1.16. The Balaban J connectivity index is 1.51. The Kier molecular flexibility index (Phi) is 5.05. The van der Waals surface area contributed by atoms with Crippen LogP contribution in [0.5, 0.6) is 5.75 Å². The van der Waals surface area contributed by atoms with Crippen LogP contribution in [0.25, 0.3) is 0 Å². The predicted molar refractivity (Wildman–Crippen MR) is 96.0 cm³/mol. The van der Waals surface area contributed by atoms with Crippen LogP contribution in [-0.4, -0.2) is 30.0 Å². The molecule has 0 spiro atoms. The zero-order valence-electron chi connectivity index (χ0n) is 13.9. The summed E-state index contributed by atoms with van der Waals surface area (Å²) in [7, 11) is 0. The molecule has 1 aliphatic heterocycles. The van der Waals surface area contributed by atoms with Crippen molar-refractivity contribution in [3.63, 3.8) is 0 Å². The number of anilines is 1. The van der Waals surface area contributed by atoms with Crippen LogP contribution in [0.1, 0.15) is 31.7 Å². The number of ketones is 1. The third-order valence-electron chi connectivity index (χ3n) is 4.23. The highest BCUT2D eigenvalue weighted by atomic mass is 35.5. The summed E-state index contributed by atoms with van der Waals surface area (Å²) < 4.78 is 5.98. The van der Waals surface area contributed by atoms with E-state index in [1.165, 1.54) is 0 Å². The maximum Gasteiger partial charge on any atom is 0.134 e. The molecule has 126 valence electrons. The highest BCUT2D eigenvalue weighted by Gasteiger charge is 2.29. The second-order valence-corrected chi connectivity index (χ2v) is 6.79. The van der Waals surface area contributed by atoms with Crippen LogP contribution in [-0.2, 0) is 4.79 Å². The standard InChI is InChI=1S/C19H21ClN2O2/c1-13(9-14(2)23)15-3-6-17(7-4-15)24-18-11-22(12-18)19-8-5-16(20)10-21-19/h3-8,10,13,18H,9,11-12H2,1-2H3/t13-/m1/s1. The first-order valence-electron chi connectivity index (χ1n) is 8.14. The van der Waals surface area contributed by atoms with Gasteiger partial charge in [-0.25, -0.2) is 4.98 Å². The summed E-state index contributed by atoms with van der Waals surface area (Å²) >= 11 is 5.85. The van der Waals surface area contributed by atoms with Crippen LogP contribution in [0.4, 0.5) is 5.82 Å². The molecule has 5 heteroatoms. The van der Waals surface area contributed by atoms with E-state index in [9.17, 15) is 4.79 Å². The average molecular weight is 345 g/mol. The number of hydrogen-bond donors (Lipinski definition) is 0. The third kappa shape index (κ3) is 4.06. The van der Waals surface area contributed by atoms with E-state index in [1.54, 1.807) is 13.1 Å². The van der Waals surface area contributed by atoms with Gasteiger partial charge in [-0.2, -0.15) is 0 Å². The molecule has 1 saturated heterocycles. The van der Waals surface area contributed by atoms with Gasteiger partial charge >= 0.3 is 0 Å². The van der Waals surface area contributed by atoms with Gasteiger partial charge in [0.25, 0.3) is 0 Å². The minimum atomic E-state index is 0.169. The van der Waals surface area contributed by atoms with Crippen molar-refractivity contribution in [2.45, 2.75) is 32.3 Å². The second-order valence-electron chi connectivity index (χ2n) is 6.36. The molecule has 1 aromatic heterocycles. The summed E-state index contributed by atoms with van der Waals surface area (Å²) in [6.07, 6.45) is 2.40. The number of Topliss-reactive ketones (excluding diaryl/α,β-unsaturated/α-hetero) is 1. The Labute approximate surface area is 147 Å². The number of halogens is 1. The fourth-order valence-corrected chi connectivity index (χ4v) is 2.98. The number of pyridine rings is 1. The predicted octanol–water partition coefficient (Wildman–Crippen LogP) is 4.09. The van der Waals surface area contributed by atoms with Crippen LogP contribution in [0.3, 0.4) is 0 Å². The Morgan fingerprint density at radius 3 is 2.58 bits per heavy atom. The molecule has 2 aromatic rings. The van der Waals surface area contributed by atoms with Gasteiger partial charge in [0.05, 0.1) is 18.1 Å². The largest absolute Gasteiger partial charge is 0.487 e. The van der Waals surface area contributed by atoms with Gasteiger partial charge in [0.2, 0.25) is 0 Å². The van der Waals surface area contributed by atoms with Crippen molar-refractivity contribution >= 4 is 23.2 Å². The maximum absolute atomic E-state index is 11.2. The number of benzene rings is 1. The minimum absolute atomic E-state index is 0.169. The Bertz CT molecular complexity index is 694. The molecular formula is C19H21ClN2O2. The highest BCUT2D eigenvalue weighted by Crippen LogP contribution is 2.26. The molecule has 1 atom stereocenters. The second kappa shape index (κ2) is 7.22. The zero-order valence-corrected chi connectivity index (χ0v) is 14.7. The van der Waals surface area contributed by atoms with E-state index in [1.807, 2.05) is 36.4 Å². The van der Waals surface area contributed by atoms with Crippen LogP contribution in [0.2, 0.25) is 5.02 Å². The summed E-state index contributed by atoms with van der Waals surface area (Å²) in [5, 5.41) is 0.645. The molecule has 1 aliphatic rings. The van der Waals surface area contributed by atoms with E-state index >= 15 is 0 Å². The molecule has 0 bridgehead atoms. The topological polar surface area (TPSA) is 42.4 Å². The number of aromatic nitrogens is 1. The van der Waals surface area contributed by atoms with E-state index in [0.717, 1.165) is 30.2 Å². The number of hydrogen-bond acceptors (Lipinski definition) is 4. The number of rotatable bonds is 6. The SMILES string of the molecule is CC(=O)C[C@@H](C)c1ccc(OC2CN(c3ccc(Cl)cn3)C2)cc1. The number of ether oxygens (including phenoxy) is 1. The van der Waals surface area contributed by atoms with E-state index in [0.29, 0.717) is 11.4 Å². The molecule has 0 amide bonds. The van der Waals surface area contributed by atoms with E-state index in [-0.39, 0.29) is 17.8 Å². The molecule has 0 saturated carbocycles. The van der Waals surface area contributed by atoms with Gasteiger partial charge in [-0.3, -0.25) is 0 Å². The summed E-state index contributed by atoms with van der Waals surface area (Å²) in [6.45, 7) is 5.33. The number of carbonyl (C=O) groups excluding carboxylic acids is 1. The first-order valence-corrected chi connectivity index (χ1v) is 8.51.